The van der Waals surface area contributed by atoms with Gasteiger partial charge < -0.3 is 5.32 Å². The Morgan fingerprint density at radius 2 is 1.88 bits per heavy atom. The summed E-state index contributed by atoms with van der Waals surface area (Å²) in [6.45, 7) is 0.467. The van der Waals surface area contributed by atoms with Crippen LogP contribution in [0, 0.1) is 11.3 Å². The maximum Gasteiger partial charge on any atom is 0.255 e. The van der Waals surface area contributed by atoms with Crippen LogP contribution in [0.15, 0.2) is 48.5 Å². The minimum absolute atomic E-state index is 0.157. The molecule has 1 amide bonds. The minimum atomic E-state index is -3.26. The maximum absolute atomic E-state index is 12.3. The van der Waals surface area contributed by atoms with E-state index in [1.807, 2.05) is 6.07 Å². The molecule has 0 aromatic heterocycles. The van der Waals surface area contributed by atoms with Gasteiger partial charge in [-0.3, -0.25) is 9.10 Å². The third-order valence-electron chi connectivity index (χ3n) is 4.02. The highest BCUT2D eigenvalue weighted by Gasteiger charge is 2.25. The first-order valence-electron chi connectivity index (χ1n) is 7.91. The van der Waals surface area contributed by atoms with Crippen molar-refractivity contribution in [3.05, 3.63) is 59.7 Å². The molecule has 1 saturated heterocycles. The Bertz CT molecular complexity index is 931. The first-order chi connectivity index (χ1) is 12.0. The number of anilines is 2. The van der Waals surface area contributed by atoms with Gasteiger partial charge in [-0.2, -0.15) is 5.26 Å². The van der Waals surface area contributed by atoms with Gasteiger partial charge in [0.2, 0.25) is 10.0 Å². The molecular formula is C18H17N3O3S. The summed E-state index contributed by atoms with van der Waals surface area (Å²) in [6, 6.07) is 15.1. The molecule has 128 valence electrons. The first kappa shape index (κ1) is 17.0. The second-order valence-electron chi connectivity index (χ2n) is 5.79. The van der Waals surface area contributed by atoms with Crippen LogP contribution in [0.2, 0.25) is 0 Å². The van der Waals surface area contributed by atoms with Crippen LogP contribution in [0.25, 0.3) is 0 Å². The predicted molar refractivity (Wildman–Crippen MR) is 95.9 cm³/mol. The zero-order valence-electron chi connectivity index (χ0n) is 13.5. The third-order valence-corrected chi connectivity index (χ3v) is 5.89. The molecule has 1 N–H and O–H groups in total. The Hall–Kier alpha value is -2.85. The highest BCUT2D eigenvalue weighted by atomic mass is 32.2. The van der Waals surface area contributed by atoms with Crippen LogP contribution in [0.1, 0.15) is 28.8 Å². The zero-order valence-corrected chi connectivity index (χ0v) is 14.3. The third kappa shape index (κ3) is 3.80. The fourth-order valence-electron chi connectivity index (χ4n) is 2.73. The standard InChI is InChI=1S/C18H17N3O3S/c19-13-14-4-3-5-16(12-14)20-18(22)15-6-8-17(9-7-15)21-10-1-2-11-25(21,23)24/h3-9,12H,1-2,10-11H2,(H,20,22). The highest BCUT2D eigenvalue weighted by Crippen LogP contribution is 2.24. The van der Waals surface area contributed by atoms with Crippen molar-refractivity contribution in [1.29, 1.82) is 5.26 Å². The van der Waals surface area contributed by atoms with Crippen molar-refractivity contribution in [3.8, 4) is 6.07 Å². The molecule has 3 rings (SSSR count). The Morgan fingerprint density at radius 3 is 2.56 bits per heavy atom. The van der Waals surface area contributed by atoms with Gasteiger partial charge >= 0.3 is 0 Å². The molecule has 0 saturated carbocycles. The fourth-order valence-corrected chi connectivity index (χ4v) is 4.37. The summed E-state index contributed by atoms with van der Waals surface area (Å²) in [5, 5.41) is 11.6. The summed E-state index contributed by atoms with van der Waals surface area (Å²) in [5.41, 5.74) is 1.98. The number of sulfonamides is 1. The van der Waals surface area contributed by atoms with Crippen molar-refractivity contribution < 1.29 is 13.2 Å². The lowest BCUT2D eigenvalue weighted by molar-refractivity contribution is 0.102. The molecular weight excluding hydrogens is 338 g/mol. The van der Waals surface area contributed by atoms with E-state index in [0.29, 0.717) is 35.5 Å². The van der Waals surface area contributed by atoms with E-state index < -0.39 is 10.0 Å². The molecule has 0 spiro atoms. The molecule has 2 aromatic rings. The first-order valence-corrected chi connectivity index (χ1v) is 9.52. The molecule has 0 unspecified atom stereocenters. The van der Waals surface area contributed by atoms with E-state index >= 15 is 0 Å². The van der Waals surface area contributed by atoms with Crippen LogP contribution in [0.5, 0.6) is 0 Å². The van der Waals surface area contributed by atoms with Crippen LogP contribution < -0.4 is 9.62 Å². The quantitative estimate of drug-likeness (QED) is 0.916. The van der Waals surface area contributed by atoms with E-state index in [0.717, 1.165) is 6.42 Å². The average molecular weight is 355 g/mol. The molecule has 0 bridgehead atoms. The number of nitriles is 1. The summed E-state index contributed by atoms with van der Waals surface area (Å²) in [4.78, 5) is 12.3. The van der Waals surface area contributed by atoms with E-state index in [1.165, 1.54) is 4.31 Å². The lowest BCUT2D eigenvalue weighted by Crippen LogP contribution is -2.37. The summed E-state index contributed by atoms with van der Waals surface area (Å²) in [7, 11) is -3.26. The molecule has 1 aliphatic heterocycles. The molecule has 0 radical (unpaired) electrons. The normalized spacial score (nSPS) is 16.0. The van der Waals surface area contributed by atoms with Crippen molar-refractivity contribution in [2.24, 2.45) is 0 Å². The van der Waals surface area contributed by atoms with E-state index in [1.54, 1.807) is 48.5 Å². The van der Waals surface area contributed by atoms with Gasteiger partial charge in [0.1, 0.15) is 0 Å². The average Bonchev–Trinajstić information content (AvgIpc) is 2.61. The van der Waals surface area contributed by atoms with Crippen LogP contribution >= 0.6 is 0 Å². The number of benzene rings is 2. The van der Waals surface area contributed by atoms with Gasteiger partial charge in [0.15, 0.2) is 0 Å². The second kappa shape index (κ2) is 6.95. The Kier molecular flexibility index (Phi) is 4.72. The van der Waals surface area contributed by atoms with Crippen molar-refractivity contribution >= 4 is 27.3 Å². The molecule has 0 atom stereocenters. The van der Waals surface area contributed by atoms with Gasteiger partial charge in [-0.1, -0.05) is 6.07 Å². The molecule has 25 heavy (non-hydrogen) atoms. The zero-order chi connectivity index (χ0) is 17.9. The van der Waals surface area contributed by atoms with Gasteiger partial charge in [-0.05, 0) is 55.3 Å². The number of carbonyl (C=O) groups excluding carboxylic acids is 1. The molecule has 1 aliphatic rings. The molecule has 1 fully saturated rings. The SMILES string of the molecule is N#Cc1cccc(NC(=O)c2ccc(N3CCCCS3(=O)=O)cc2)c1. The van der Waals surface area contributed by atoms with Crippen molar-refractivity contribution in [2.75, 3.05) is 21.9 Å². The van der Waals surface area contributed by atoms with Crippen LogP contribution in [-0.2, 0) is 10.0 Å². The summed E-state index contributed by atoms with van der Waals surface area (Å²) in [5.74, 6) is -0.159. The Balaban J connectivity index is 1.75. The number of nitrogens with one attached hydrogen (secondary N) is 1. The Morgan fingerprint density at radius 1 is 1.12 bits per heavy atom. The van der Waals surface area contributed by atoms with Crippen LogP contribution in [-0.4, -0.2) is 26.6 Å². The number of amides is 1. The van der Waals surface area contributed by atoms with Crippen molar-refractivity contribution in [1.82, 2.24) is 0 Å². The van der Waals surface area contributed by atoms with Gasteiger partial charge in [-0.25, -0.2) is 8.42 Å². The topological polar surface area (TPSA) is 90.3 Å². The van der Waals surface area contributed by atoms with Crippen molar-refractivity contribution in [3.63, 3.8) is 0 Å². The maximum atomic E-state index is 12.3. The Labute approximate surface area is 146 Å². The number of hydrogen-bond donors (Lipinski definition) is 1. The molecule has 0 aliphatic carbocycles. The van der Waals surface area contributed by atoms with Crippen LogP contribution in [0.3, 0.4) is 0 Å². The van der Waals surface area contributed by atoms with E-state index in [2.05, 4.69) is 5.32 Å². The monoisotopic (exact) mass is 355 g/mol. The number of carbonyl (C=O) groups is 1. The summed E-state index contributed by atoms with van der Waals surface area (Å²) in [6.07, 6.45) is 1.51. The molecule has 7 heteroatoms. The largest absolute Gasteiger partial charge is 0.322 e. The van der Waals surface area contributed by atoms with E-state index in [4.69, 9.17) is 5.26 Å². The van der Waals surface area contributed by atoms with Gasteiger partial charge in [-0.15, -0.1) is 0 Å². The minimum Gasteiger partial charge on any atom is -0.322 e. The summed E-state index contributed by atoms with van der Waals surface area (Å²) < 4.78 is 25.6. The number of hydrogen-bond acceptors (Lipinski definition) is 4. The van der Waals surface area contributed by atoms with Gasteiger partial charge in [0.05, 0.1) is 23.1 Å². The molecule has 2 aromatic carbocycles. The number of nitrogens with zero attached hydrogens (tertiary/aromatic N) is 2. The second-order valence-corrected chi connectivity index (χ2v) is 7.80. The fraction of sp³-hybridized carbons (Fsp3) is 0.222. The van der Waals surface area contributed by atoms with Gasteiger partial charge in [0, 0.05) is 17.8 Å². The molecule has 1 heterocycles. The smallest absolute Gasteiger partial charge is 0.255 e. The van der Waals surface area contributed by atoms with Crippen molar-refractivity contribution in [2.45, 2.75) is 12.8 Å². The van der Waals surface area contributed by atoms with Gasteiger partial charge in [0.25, 0.3) is 5.91 Å². The van der Waals surface area contributed by atoms with E-state index in [-0.39, 0.29) is 11.7 Å². The summed E-state index contributed by atoms with van der Waals surface area (Å²) >= 11 is 0. The lowest BCUT2D eigenvalue weighted by atomic mass is 10.1. The predicted octanol–water partition coefficient (Wildman–Crippen LogP) is 2.74. The van der Waals surface area contributed by atoms with E-state index in [9.17, 15) is 13.2 Å². The lowest BCUT2D eigenvalue weighted by Gasteiger charge is -2.28. The number of rotatable bonds is 3. The van der Waals surface area contributed by atoms with Crippen LogP contribution in [0.4, 0.5) is 11.4 Å². The highest BCUT2D eigenvalue weighted by molar-refractivity contribution is 7.92. The molecule has 6 nitrogen and oxygen atoms in total.